The molecule has 0 aromatic rings. The smallest absolute Gasteiger partial charge is 0.326 e. The number of Topliss-reactive ketones (excluding diaryl/α,β-unsaturated/α-hetero) is 1. The highest BCUT2D eigenvalue weighted by Gasteiger charge is 2.24. The molecule has 344 valence electrons. The predicted octanol–water partition coefficient (Wildman–Crippen LogP) is 1.04. The molecule has 0 fully saturated rings. The molecule has 21 heteroatoms. The van der Waals surface area contributed by atoms with Crippen LogP contribution in [0.5, 0.6) is 0 Å². The van der Waals surface area contributed by atoms with E-state index in [2.05, 4.69) is 21.3 Å². The summed E-state index contributed by atoms with van der Waals surface area (Å²) in [5, 5.41) is 46.7. The van der Waals surface area contributed by atoms with E-state index in [1.54, 1.807) is 0 Å². The van der Waals surface area contributed by atoms with Gasteiger partial charge in [0.05, 0.1) is 52.2 Å². The molecule has 8 N–H and O–H groups in total. The van der Waals surface area contributed by atoms with E-state index in [1.165, 1.54) is 6.92 Å². The molecular formula is C39H66N4O17. The molecule has 0 rings (SSSR count). The summed E-state index contributed by atoms with van der Waals surface area (Å²) in [6.07, 6.45) is 6.70. The van der Waals surface area contributed by atoms with Crippen LogP contribution in [0.4, 0.5) is 0 Å². The topological polar surface area (TPSA) is 320 Å². The van der Waals surface area contributed by atoms with Gasteiger partial charge in [-0.25, -0.2) is 9.59 Å². The van der Waals surface area contributed by atoms with Crippen molar-refractivity contribution < 1.29 is 82.5 Å². The molecule has 0 spiro atoms. The van der Waals surface area contributed by atoms with Crippen molar-refractivity contribution in [2.24, 2.45) is 5.92 Å². The van der Waals surface area contributed by atoms with Crippen molar-refractivity contribution in [1.82, 2.24) is 21.3 Å². The Labute approximate surface area is 350 Å². The van der Waals surface area contributed by atoms with Crippen molar-refractivity contribution in [2.75, 3.05) is 65.9 Å². The molecule has 0 aliphatic carbocycles. The molecule has 21 nitrogen and oxygen atoms in total. The van der Waals surface area contributed by atoms with Crippen molar-refractivity contribution in [3.63, 3.8) is 0 Å². The Kier molecular flexibility index (Phi) is 33.3. The van der Waals surface area contributed by atoms with Gasteiger partial charge in [0.25, 0.3) is 0 Å². The van der Waals surface area contributed by atoms with Gasteiger partial charge in [0.15, 0.2) is 0 Å². The SMILES string of the molecule is CC(=O)CC[C@H](NC(=O)CCC(COCCOCCNC(=O)COCCOCCNC(=O)CC[C@H](NC(=O)CCCCCCCCCCC(=O)O)C(=O)O)C(=O)O)C(=O)O. The van der Waals surface area contributed by atoms with Crippen LogP contribution in [0.2, 0.25) is 0 Å². The fourth-order valence-electron chi connectivity index (χ4n) is 5.37. The van der Waals surface area contributed by atoms with Gasteiger partial charge in [-0.2, -0.15) is 0 Å². The van der Waals surface area contributed by atoms with Gasteiger partial charge in [0.2, 0.25) is 23.6 Å². The first-order valence-electron chi connectivity index (χ1n) is 20.4. The van der Waals surface area contributed by atoms with Gasteiger partial charge in [0, 0.05) is 45.2 Å². The molecule has 0 aromatic heterocycles. The van der Waals surface area contributed by atoms with E-state index in [0.29, 0.717) is 12.8 Å². The molecule has 0 aromatic carbocycles. The van der Waals surface area contributed by atoms with E-state index < -0.39 is 59.6 Å². The lowest BCUT2D eigenvalue weighted by atomic mass is 10.0. The molecule has 60 heavy (non-hydrogen) atoms. The summed E-state index contributed by atoms with van der Waals surface area (Å²) in [4.78, 5) is 104. The average Bonchev–Trinajstić information content (AvgIpc) is 3.18. The number of hydrogen-bond donors (Lipinski definition) is 8. The number of ketones is 1. The minimum atomic E-state index is -1.29. The van der Waals surface area contributed by atoms with E-state index >= 15 is 0 Å². The molecule has 0 heterocycles. The van der Waals surface area contributed by atoms with Crippen LogP contribution in [0.1, 0.15) is 110 Å². The fraction of sp³-hybridized carbons (Fsp3) is 0.769. The Hall–Kier alpha value is -4.73. The number of carboxylic acids is 4. The Bertz CT molecular complexity index is 1320. The normalized spacial score (nSPS) is 12.4. The van der Waals surface area contributed by atoms with E-state index in [1.807, 2.05) is 0 Å². The lowest BCUT2D eigenvalue weighted by Gasteiger charge is -2.16. The summed E-state index contributed by atoms with van der Waals surface area (Å²) >= 11 is 0. The van der Waals surface area contributed by atoms with Gasteiger partial charge in [-0.15, -0.1) is 0 Å². The standard InChI is InChI=1S/C39H66N4O17/c1-28(44)12-14-30(38(53)54)43-34(47)16-13-29(37(51)52)26-59-24-22-58-21-19-41-35(48)27-60-25-23-57-20-18-40-32(45)17-15-31(39(55)56)42-33(46)10-8-6-4-2-3-5-7-9-11-36(49)50/h29-31H,2-27H2,1H3,(H,40,45)(H,41,48)(H,42,46)(H,43,47)(H,49,50)(H,51,52)(H,53,54)(H,55,56)/t29?,30-,31-/m0/s1. The molecule has 0 saturated carbocycles. The molecule has 1 unspecified atom stereocenters. The Morgan fingerprint density at radius 2 is 0.900 bits per heavy atom. The number of rotatable bonds is 41. The van der Waals surface area contributed by atoms with E-state index in [-0.39, 0.29) is 129 Å². The maximum absolute atomic E-state index is 12.2. The highest BCUT2D eigenvalue weighted by Crippen LogP contribution is 2.12. The minimum Gasteiger partial charge on any atom is -0.481 e. The number of hydrogen-bond acceptors (Lipinski definition) is 13. The predicted molar refractivity (Wildman–Crippen MR) is 212 cm³/mol. The Balaban J connectivity index is 3.88. The molecule has 3 atom stereocenters. The Morgan fingerprint density at radius 1 is 0.450 bits per heavy atom. The maximum Gasteiger partial charge on any atom is 0.326 e. The molecule has 0 aliphatic heterocycles. The minimum absolute atomic E-state index is 0.0165. The summed E-state index contributed by atoms with van der Waals surface area (Å²) in [6, 6.07) is -2.43. The van der Waals surface area contributed by atoms with Gasteiger partial charge < -0.3 is 65.4 Å². The van der Waals surface area contributed by atoms with Crippen LogP contribution in [0.15, 0.2) is 0 Å². The summed E-state index contributed by atoms with van der Waals surface area (Å²) in [7, 11) is 0. The van der Waals surface area contributed by atoms with Crippen molar-refractivity contribution >= 4 is 53.3 Å². The monoisotopic (exact) mass is 862 g/mol. The summed E-state index contributed by atoms with van der Waals surface area (Å²) < 4.78 is 21.3. The van der Waals surface area contributed by atoms with Crippen molar-refractivity contribution in [3.05, 3.63) is 0 Å². The Morgan fingerprint density at radius 3 is 1.42 bits per heavy atom. The second kappa shape index (κ2) is 36.1. The lowest BCUT2D eigenvalue weighted by molar-refractivity contribution is -0.145. The van der Waals surface area contributed by atoms with E-state index in [4.69, 9.17) is 24.1 Å². The van der Waals surface area contributed by atoms with Gasteiger partial charge in [-0.3, -0.25) is 28.8 Å². The zero-order valence-electron chi connectivity index (χ0n) is 34.7. The molecule has 0 bridgehead atoms. The quantitative estimate of drug-likeness (QED) is 0.0398. The third kappa shape index (κ3) is 34.2. The zero-order chi connectivity index (χ0) is 45.0. The van der Waals surface area contributed by atoms with Gasteiger partial charge in [-0.05, 0) is 39.0 Å². The fourth-order valence-corrected chi connectivity index (χ4v) is 5.37. The number of ether oxygens (including phenoxy) is 4. The number of amides is 4. The van der Waals surface area contributed by atoms with Crippen LogP contribution in [0, 0.1) is 5.92 Å². The summed E-state index contributed by atoms with van der Waals surface area (Å²) in [6.45, 7) is 1.94. The average molecular weight is 863 g/mol. The molecule has 0 radical (unpaired) electrons. The third-order valence-electron chi connectivity index (χ3n) is 8.76. The second-order valence-electron chi connectivity index (χ2n) is 14.0. The van der Waals surface area contributed by atoms with Crippen LogP contribution in [0.3, 0.4) is 0 Å². The molecule has 0 aliphatic rings. The third-order valence-corrected chi connectivity index (χ3v) is 8.76. The lowest BCUT2D eigenvalue weighted by Crippen LogP contribution is -2.41. The highest BCUT2D eigenvalue weighted by atomic mass is 16.5. The zero-order valence-corrected chi connectivity index (χ0v) is 34.7. The van der Waals surface area contributed by atoms with E-state index in [9.17, 15) is 58.5 Å². The number of carboxylic acid groups (broad SMARTS) is 4. The van der Waals surface area contributed by atoms with Crippen molar-refractivity contribution in [1.29, 1.82) is 0 Å². The number of nitrogens with one attached hydrogen (secondary N) is 4. The number of aliphatic carboxylic acids is 4. The van der Waals surface area contributed by atoms with Crippen molar-refractivity contribution in [3.8, 4) is 0 Å². The number of carbonyl (C=O) groups excluding carboxylic acids is 5. The number of carbonyl (C=O) groups is 9. The first kappa shape index (κ1) is 55.3. The highest BCUT2D eigenvalue weighted by molar-refractivity contribution is 5.85. The molecular weight excluding hydrogens is 796 g/mol. The van der Waals surface area contributed by atoms with Crippen LogP contribution in [0.25, 0.3) is 0 Å². The first-order valence-corrected chi connectivity index (χ1v) is 20.4. The van der Waals surface area contributed by atoms with Gasteiger partial charge >= 0.3 is 23.9 Å². The first-order chi connectivity index (χ1) is 28.6. The summed E-state index contributed by atoms with van der Waals surface area (Å²) in [5.74, 6) is -7.54. The molecule has 4 amide bonds. The van der Waals surface area contributed by atoms with E-state index in [0.717, 1.165) is 38.5 Å². The molecule has 0 saturated heterocycles. The van der Waals surface area contributed by atoms with Crippen LogP contribution in [-0.2, 0) is 62.1 Å². The number of unbranched alkanes of at least 4 members (excludes halogenated alkanes) is 7. The maximum atomic E-state index is 12.2. The van der Waals surface area contributed by atoms with Gasteiger partial charge in [0.1, 0.15) is 24.5 Å². The van der Waals surface area contributed by atoms with Crippen LogP contribution < -0.4 is 21.3 Å². The van der Waals surface area contributed by atoms with Crippen LogP contribution >= 0.6 is 0 Å². The largest absolute Gasteiger partial charge is 0.481 e. The van der Waals surface area contributed by atoms with Gasteiger partial charge in [-0.1, -0.05) is 38.5 Å². The van der Waals surface area contributed by atoms with Crippen molar-refractivity contribution in [2.45, 2.75) is 122 Å². The second-order valence-corrected chi connectivity index (χ2v) is 14.0. The summed E-state index contributed by atoms with van der Waals surface area (Å²) in [5.41, 5.74) is 0. The van der Waals surface area contributed by atoms with Crippen LogP contribution in [-0.4, -0.2) is 152 Å².